The maximum absolute atomic E-state index is 8.82. The summed E-state index contributed by atoms with van der Waals surface area (Å²) < 4.78 is 11.4. The summed E-state index contributed by atoms with van der Waals surface area (Å²) in [6.45, 7) is 4.04. The Bertz CT molecular complexity index is 477. The van der Waals surface area contributed by atoms with Crippen molar-refractivity contribution in [1.29, 1.82) is 0 Å². The first-order chi connectivity index (χ1) is 9.63. The van der Waals surface area contributed by atoms with Crippen LogP contribution in [0, 0.1) is 5.92 Å². The molecule has 0 radical (unpaired) electrons. The lowest BCUT2D eigenvalue weighted by Gasteiger charge is -2.27. The summed E-state index contributed by atoms with van der Waals surface area (Å²) in [5.41, 5.74) is 1.38. The second-order valence-corrected chi connectivity index (χ2v) is 5.55. The highest BCUT2D eigenvalue weighted by Gasteiger charge is 2.21. The van der Waals surface area contributed by atoms with Crippen LogP contribution in [0.3, 0.4) is 0 Å². The molecular weight excluding hydrogens is 254 g/mol. The van der Waals surface area contributed by atoms with Crippen LogP contribution in [-0.2, 0) is 0 Å². The van der Waals surface area contributed by atoms with Gasteiger partial charge in [-0.15, -0.1) is 0 Å². The molecule has 4 heteroatoms. The van der Waals surface area contributed by atoms with Crippen LogP contribution in [0.25, 0.3) is 0 Å². The normalized spacial score (nSPS) is 23.4. The fourth-order valence-corrected chi connectivity index (χ4v) is 2.57. The molecule has 0 aromatic heterocycles. The van der Waals surface area contributed by atoms with Crippen LogP contribution < -0.4 is 9.47 Å². The van der Waals surface area contributed by atoms with Crippen molar-refractivity contribution in [3.63, 3.8) is 0 Å². The number of oxime groups is 1. The van der Waals surface area contributed by atoms with E-state index in [1.54, 1.807) is 14.0 Å². The van der Waals surface area contributed by atoms with Crippen LogP contribution in [-0.4, -0.2) is 24.1 Å². The van der Waals surface area contributed by atoms with E-state index in [4.69, 9.17) is 14.7 Å². The molecule has 0 bridgehead atoms. The Morgan fingerprint density at radius 2 is 1.90 bits per heavy atom. The molecule has 1 fully saturated rings. The summed E-state index contributed by atoms with van der Waals surface area (Å²) in [5.74, 6) is 2.26. The quantitative estimate of drug-likeness (QED) is 0.516. The van der Waals surface area contributed by atoms with E-state index in [1.165, 1.54) is 12.8 Å². The minimum Gasteiger partial charge on any atom is -0.493 e. The highest BCUT2D eigenvalue weighted by Crippen LogP contribution is 2.33. The van der Waals surface area contributed by atoms with Crippen LogP contribution in [0.5, 0.6) is 11.5 Å². The number of hydrogen-bond acceptors (Lipinski definition) is 4. The molecule has 1 aromatic rings. The van der Waals surface area contributed by atoms with Crippen LogP contribution in [0.2, 0.25) is 0 Å². The van der Waals surface area contributed by atoms with Gasteiger partial charge < -0.3 is 14.7 Å². The Morgan fingerprint density at radius 1 is 1.20 bits per heavy atom. The molecule has 2 rings (SSSR count). The third-order valence-electron chi connectivity index (χ3n) is 3.99. The second kappa shape index (κ2) is 6.64. The first-order valence-corrected chi connectivity index (χ1v) is 7.17. The number of ether oxygens (including phenoxy) is 2. The Hall–Kier alpha value is -1.71. The highest BCUT2D eigenvalue weighted by molar-refractivity contribution is 5.98. The van der Waals surface area contributed by atoms with E-state index >= 15 is 0 Å². The van der Waals surface area contributed by atoms with Crippen LogP contribution in [0.4, 0.5) is 0 Å². The molecule has 0 amide bonds. The minimum atomic E-state index is 0.276. The Kier molecular flexibility index (Phi) is 4.88. The zero-order valence-electron chi connectivity index (χ0n) is 12.4. The molecule has 0 spiro atoms. The predicted octanol–water partition coefficient (Wildman–Crippen LogP) is 3.85. The zero-order valence-corrected chi connectivity index (χ0v) is 12.4. The van der Waals surface area contributed by atoms with Crippen molar-refractivity contribution < 1.29 is 14.7 Å². The van der Waals surface area contributed by atoms with E-state index in [-0.39, 0.29) is 6.10 Å². The van der Waals surface area contributed by atoms with Gasteiger partial charge in [0.15, 0.2) is 11.5 Å². The average molecular weight is 277 g/mol. The number of benzene rings is 1. The number of methoxy groups -OCH3 is 1. The van der Waals surface area contributed by atoms with E-state index in [0.717, 1.165) is 30.1 Å². The summed E-state index contributed by atoms with van der Waals surface area (Å²) in [6.07, 6.45) is 4.92. The first kappa shape index (κ1) is 14.7. The largest absolute Gasteiger partial charge is 0.493 e. The van der Waals surface area contributed by atoms with Gasteiger partial charge in [0.25, 0.3) is 0 Å². The van der Waals surface area contributed by atoms with E-state index in [0.29, 0.717) is 11.5 Å². The lowest BCUT2D eigenvalue weighted by Crippen LogP contribution is -2.23. The molecular formula is C16H23NO3. The fourth-order valence-electron chi connectivity index (χ4n) is 2.57. The van der Waals surface area contributed by atoms with Crippen molar-refractivity contribution in [2.45, 2.75) is 45.6 Å². The SMILES string of the molecule is COc1cc(C(C)=NO)ccc1OC1CCC(C)CC1. The third kappa shape index (κ3) is 3.44. The summed E-state index contributed by atoms with van der Waals surface area (Å²) in [6, 6.07) is 5.62. The highest BCUT2D eigenvalue weighted by atomic mass is 16.5. The number of nitrogens with zero attached hydrogens (tertiary/aromatic N) is 1. The van der Waals surface area contributed by atoms with Gasteiger partial charge in [-0.1, -0.05) is 12.1 Å². The maximum atomic E-state index is 8.82. The molecule has 1 aliphatic rings. The van der Waals surface area contributed by atoms with Crippen molar-refractivity contribution in [3.8, 4) is 11.5 Å². The number of rotatable bonds is 4. The van der Waals surface area contributed by atoms with Crippen molar-refractivity contribution >= 4 is 5.71 Å². The topological polar surface area (TPSA) is 51.0 Å². The van der Waals surface area contributed by atoms with Gasteiger partial charge in [-0.2, -0.15) is 0 Å². The molecule has 4 nitrogen and oxygen atoms in total. The van der Waals surface area contributed by atoms with Crippen molar-refractivity contribution in [2.24, 2.45) is 11.1 Å². The van der Waals surface area contributed by atoms with Crippen molar-refractivity contribution in [2.75, 3.05) is 7.11 Å². The van der Waals surface area contributed by atoms with Crippen LogP contribution >= 0.6 is 0 Å². The van der Waals surface area contributed by atoms with Crippen molar-refractivity contribution in [1.82, 2.24) is 0 Å². The molecule has 0 heterocycles. The second-order valence-electron chi connectivity index (χ2n) is 5.55. The molecule has 20 heavy (non-hydrogen) atoms. The maximum Gasteiger partial charge on any atom is 0.161 e. The lowest BCUT2D eigenvalue weighted by atomic mass is 9.89. The Morgan fingerprint density at radius 3 is 2.50 bits per heavy atom. The predicted molar refractivity (Wildman–Crippen MR) is 79.0 cm³/mol. The van der Waals surface area contributed by atoms with Gasteiger partial charge in [-0.25, -0.2) is 0 Å². The van der Waals surface area contributed by atoms with Gasteiger partial charge in [0.05, 0.1) is 18.9 Å². The van der Waals surface area contributed by atoms with Gasteiger partial charge in [0.2, 0.25) is 0 Å². The Balaban J connectivity index is 2.11. The Labute approximate surface area is 120 Å². The molecule has 0 atom stereocenters. The molecule has 1 aromatic carbocycles. The first-order valence-electron chi connectivity index (χ1n) is 7.17. The summed E-state index contributed by atoms with van der Waals surface area (Å²) >= 11 is 0. The number of hydrogen-bond donors (Lipinski definition) is 1. The fraction of sp³-hybridized carbons (Fsp3) is 0.562. The standard InChI is InChI=1S/C16H23NO3/c1-11-4-7-14(8-5-11)20-15-9-6-13(12(2)17-18)10-16(15)19-3/h6,9-11,14,18H,4-5,7-8H2,1-3H3. The van der Waals surface area contributed by atoms with E-state index in [2.05, 4.69) is 12.1 Å². The van der Waals surface area contributed by atoms with Gasteiger partial charge in [0.1, 0.15) is 0 Å². The molecule has 0 aliphatic heterocycles. The van der Waals surface area contributed by atoms with Gasteiger partial charge in [0, 0.05) is 5.56 Å². The summed E-state index contributed by atoms with van der Waals surface area (Å²) in [4.78, 5) is 0. The molecule has 110 valence electrons. The minimum absolute atomic E-state index is 0.276. The van der Waals surface area contributed by atoms with Crippen LogP contribution in [0.15, 0.2) is 23.4 Å². The molecule has 1 saturated carbocycles. The lowest BCUT2D eigenvalue weighted by molar-refractivity contribution is 0.131. The van der Waals surface area contributed by atoms with Gasteiger partial charge in [-0.05, 0) is 56.7 Å². The summed E-state index contributed by atoms with van der Waals surface area (Å²) in [7, 11) is 1.63. The van der Waals surface area contributed by atoms with E-state index in [9.17, 15) is 0 Å². The molecule has 0 saturated heterocycles. The molecule has 0 unspecified atom stereocenters. The smallest absolute Gasteiger partial charge is 0.161 e. The van der Waals surface area contributed by atoms with Crippen LogP contribution in [0.1, 0.15) is 45.1 Å². The van der Waals surface area contributed by atoms with Crippen molar-refractivity contribution in [3.05, 3.63) is 23.8 Å². The molecule has 1 N–H and O–H groups in total. The van der Waals surface area contributed by atoms with E-state index < -0.39 is 0 Å². The van der Waals surface area contributed by atoms with Gasteiger partial charge >= 0.3 is 0 Å². The molecule has 1 aliphatic carbocycles. The third-order valence-corrected chi connectivity index (χ3v) is 3.99. The summed E-state index contributed by atoms with van der Waals surface area (Å²) in [5, 5.41) is 12.0. The monoisotopic (exact) mass is 277 g/mol. The average Bonchev–Trinajstić information content (AvgIpc) is 2.49. The van der Waals surface area contributed by atoms with Gasteiger partial charge in [-0.3, -0.25) is 0 Å². The van der Waals surface area contributed by atoms with E-state index in [1.807, 2.05) is 18.2 Å². The zero-order chi connectivity index (χ0) is 14.5.